The van der Waals surface area contributed by atoms with Gasteiger partial charge in [0.25, 0.3) is 0 Å². The molecule has 1 fully saturated rings. The molecule has 1 aromatic heterocycles. The predicted octanol–water partition coefficient (Wildman–Crippen LogP) is 5.04. The van der Waals surface area contributed by atoms with Crippen molar-refractivity contribution in [1.82, 2.24) is 4.98 Å². The smallest absolute Gasteiger partial charge is 0.335 e. The van der Waals surface area contributed by atoms with Crippen molar-refractivity contribution in [3.63, 3.8) is 0 Å². The summed E-state index contributed by atoms with van der Waals surface area (Å²) < 4.78 is 29.3. The lowest BCUT2D eigenvalue weighted by Crippen LogP contribution is -2.23. The fourth-order valence-electron chi connectivity index (χ4n) is 4.50. The summed E-state index contributed by atoms with van der Waals surface area (Å²) in [5.74, 6) is -2.99. The average Bonchev–Trinajstić information content (AvgIpc) is 3.54. The lowest BCUT2D eigenvalue weighted by molar-refractivity contribution is -0.118. The first-order chi connectivity index (χ1) is 18.0. The number of hydrogen-bond donors (Lipinski definition) is 3. The number of anilines is 1. The van der Waals surface area contributed by atoms with E-state index >= 15 is 0 Å². The fourth-order valence-corrected chi connectivity index (χ4v) is 5.82. The molecular weight excluding hydrogens is 532 g/mol. The summed E-state index contributed by atoms with van der Waals surface area (Å²) >= 11 is 1.01. The summed E-state index contributed by atoms with van der Waals surface area (Å²) in [6.07, 6.45) is 7.41. The van der Waals surface area contributed by atoms with Crippen LogP contribution in [0.2, 0.25) is 0 Å². The molecule has 1 heterocycles. The molecule has 1 amide bonds. The van der Waals surface area contributed by atoms with E-state index in [4.69, 9.17) is 4.74 Å². The number of nitrogens with zero attached hydrogens (tertiary/aromatic N) is 1. The number of amides is 1. The van der Waals surface area contributed by atoms with Crippen LogP contribution in [0.5, 0.6) is 10.8 Å². The number of aromatic nitrogens is 1. The summed E-state index contributed by atoms with van der Waals surface area (Å²) in [5.41, 5.74) is 0.227. The van der Waals surface area contributed by atoms with Gasteiger partial charge >= 0.3 is 11.9 Å². The maximum absolute atomic E-state index is 13.4. The molecule has 0 spiro atoms. The van der Waals surface area contributed by atoms with Gasteiger partial charge in [0.1, 0.15) is 5.75 Å². The number of rotatable bonds is 10. The summed E-state index contributed by atoms with van der Waals surface area (Å²) in [6, 6.07) is 9.78. The Kier molecular flexibility index (Phi) is 8.12. The second-order valence-electron chi connectivity index (χ2n) is 9.21. The molecule has 1 saturated carbocycles. The van der Waals surface area contributed by atoms with Gasteiger partial charge in [0.05, 0.1) is 28.1 Å². The third-order valence-corrected chi connectivity index (χ3v) is 8.32. The van der Waals surface area contributed by atoms with Crippen LogP contribution in [-0.2, 0) is 14.6 Å². The number of aromatic carboxylic acids is 2. The van der Waals surface area contributed by atoms with Crippen LogP contribution in [0.25, 0.3) is 0 Å². The van der Waals surface area contributed by atoms with Crippen molar-refractivity contribution in [2.75, 3.05) is 11.6 Å². The Balaban J connectivity index is 1.52. The van der Waals surface area contributed by atoms with Crippen LogP contribution in [-0.4, -0.2) is 47.7 Å². The zero-order chi connectivity index (χ0) is 27.4. The number of ether oxygens (including phenoxy) is 1. The van der Waals surface area contributed by atoms with Crippen molar-refractivity contribution in [3.05, 3.63) is 65.4 Å². The Morgan fingerprint density at radius 3 is 2.21 bits per heavy atom. The Bertz CT molecular complexity index is 1430. The summed E-state index contributed by atoms with van der Waals surface area (Å²) in [5, 5.41) is 21.8. The molecular formula is C26H26N2O8S2. The Morgan fingerprint density at radius 2 is 1.66 bits per heavy atom. The van der Waals surface area contributed by atoms with Crippen molar-refractivity contribution in [2.24, 2.45) is 5.92 Å². The Morgan fingerprint density at radius 1 is 1.05 bits per heavy atom. The molecule has 0 unspecified atom stereocenters. The normalized spacial score (nSPS) is 14.7. The first-order valence-electron chi connectivity index (χ1n) is 11.9. The van der Waals surface area contributed by atoms with Crippen molar-refractivity contribution < 1.29 is 37.8 Å². The summed E-state index contributed by atoms with van der Waals surface area (Å²) in [6.45, 7) is 0. The number of carbonyl (C=O) groups is 3. The number of carboxylic acids is 2. The Hall–Kier alpha value is -3.77. The van der Waals surface area contributed by atoms with Gasteiger partial charge in [-0.3, -0.25) is 4.79 Å². The summed E-state index contributed by atoms with van der Waals surface area (Å²) in [4.78, 5) is 40.4. The van der Waals surface area contributed by atoms with Gasteiger partial charge in [-0.05, 0) is 48.2 Å². The minimum Gasteiger partial charge on any atom is -0.478 e. The third kappa shape index (κ3) is 6.75. The molecule has 2 aromatic carbocycles. The Labute approximate surface area is 223 Å². The maximum atomic E-state index is 13.4. The van der Waals surface area contributed by atoms with Crippen molar-refractivity contribution >= 4 is 44.2 Å². The molecule has 38 heavy (non-hydrogen) atoms. The largest absolute Gasteiger partial charge is 0.478 e. The number of sulfone groups is 1. The monoisotopic (exact) mass is 558 g/mol. The van der Waals surface area contributed by atoms with E-state index in [2.05, 4.69) is 10.3 Å². The van der Waals surface area contributed by atoms with E-state index in [1.807, 2.05) is 0 Å². The van der Waals surface area contributed by atoms with E-state index in [-0.39, 0.29) is 37.9 Å². The van der Waals surface area contributed by atoms with Gasteiger partial charge in [0, 0.05) is 6.26 Å². The number of carbonyl (C=O) groups excluding carboxylic acids is 1. The van der Waals surface area contributed by atoms with Gasteiger partial charge in [-0.25, -0.2) is 23.0 Å². The van der Waals surface area contributed by atoms with Crippen LogP contribution >= 0.6 is 11.3 Å². The number of thiazole rings is 1. The van der Waals surface area contributed by atoms with Crippen LogP contribution in [0.4, 0.5) is 5.13 Å². The fraction of sp³-hybridized carbons (Fsp3) is 0.308. The van der Waals surface area contributed by atoms with E-state index < -0.39 is 27.7 Å². The highest BCUT2D eigenvalue weighted by molar-refractivity contribution is 7.90. The molecule has 3 aromatic rings. The molecule has 0 radical (unpaired) electrons. The van der Waals surface area contributed by atoms with Crippen LogP contribution in [0, 0.1) is 5.92 Å². The number of hydrogen-bond acceptors (Lipinski definition) is 8. The molecule has 0 aliphatic heterocycles. The van der Waals surface area contributed by atoms with E-state index in [9.17, 15) is 33.0 Å². The SMILES string of the molecule is CS(=O)(=O)c1ccc([C@@H](CC2CCCC2)C(=O)Nc2ncc(Oc3cc(C(=O)O)cc(C(=O)O)c3)s2)cc1. The molecule has 0 saturated heterocycles. The van der Waals surface area contributed by atoms with Gasteiger partial charge in [-0.1, -0.05) is 49.2 Å². The van der Waals surface area contributed by atoms with Gasteiger partial charge in [0.15, 0.2) is 15.0 Å². The minimum absolute atomic E-state index is 0.00824. The molecule has 1 atom stereocenters. The molecule has 3 N–H and O–H groups in total. The minimum atomic E-state index is -3.36. The quantitative estimate of drug-likeness (QED) is 0.310. The van der Waals surface area contributed by atoms with Gasteiger partial charge < -0.3 is 20.3 Å². The van der Waals surface area contributed by atoms with Crippen LogP contribution < -0.4 is 10.1 Å². The van der Waals surface area contributed by atoms with Crippen LogP contribution in [0.15, 0.2) is 53.6 Å². The predicted molar refractivity (Wildman–Crippen MR) is 140 cm³/mol. The van der Waals surface area contributed by atoms with Crippen molar-refractivity contribution in [1.29, 1.82) is 0 Å². The van der Waals surface area contributed by atoms with E-state index in [0.29, 0.717) is 17.9 Å². The van der Waals surface area contributed by atoms with Gasteiger partial charge in [-0.15, -0.1) is 0 Å². The number of nitrogens with one attached hydrogen (secondary N) is 1. The van der Waals surface area contributed by atoms with Gasteiger partial charge in [0.2, 0.25) is 11.0 Å². The third-order valence-electron chi connectivity index (χ3n) is 6.40. The summed E-state index contributed by atoms with van der Waals surface area (Å²) in [7, 11) is -3.36. The highest BCUT2D eigenvalue weighted by Crippen LogP contribution is 2.36. The molecule has 1 aliphatic rings. The zero-order valence-electron chi connectivity index (χ0n) is 20.4. The highest BCUT2D eigenvalue weighted by atomic mass is 32.2. The average molecular weight is 559 g/mol. The maximum Gasteiger partial charge on any atom is 0.335 e. The molecule has 10 nitrogen and oxygen atoms in total. The first-order valence-corrected chi connectivity index (χ1v) is 14.6. The van der Waals surface area contributed by atoms with Crippen molar-refractivity contribution in [2.45, 2.75) is 42.9 Å². The molecule has 200 valence electrons. The second kappa shape index (κ2) is 11.3. The van der Waals surface area contributed by atoms with Crippen LogP contribution in [0.3, 0.4) is 0 Å². The molecule has 1 aliphatic carbocycles. The zero-order valence-corrected chi connectivity index (χ0v) is 22.0. The van der Waals surface area contributed by atoms with Crippen LogP contribution in [0.1, 0.15) is 64.3 Å². The second-order valence-corrected chi connectivity index (χ2v) is 12.2. The van der Waals surface area contributed by atoms with E-state index in [1.165, 1.54) is 30.5 Å². The lowest BCUT2D eigenvalue weighted by atomic mass is 9.87. The first kappa shape index (κ1) is 27.3. The van der Waals surface area contributed by atoms with Gasteiger partial charge in [-0.2, -0.15) is 0 Å². The van der Waals surface area contributed by atoms with E-state index in [0.717, 1.165) is 49.3 Å². The van der Waals surface area contributed by atoms with E-state index in [1.54, 1.807) is 12.1 Å². The van der Waals surface area contributed by atoms with Crippen molar-refractivity contribution in [3.8, 4) is 10.8 Å². The molecule has 4 rings (SSSR count). The number of benzene rings is 2. The number of carboxylic acid groups (broad SMARTS) is 2. The standard InChI is InChI=1S/C26H26N2O8S2/c1-38(34,35)20-8-6-16(7-9-20)21(10-15-4-2-3-5-15)23(29)28-26-27-14-22(37-26)36-19-12-17(24(30)31)11-18(13-19)25(32)33/h6-9,11-15,21H,2-5,10H2,1H3,(H,30,31)(H,32,33)(H,27,28,29)/t21-/m1/s1. The molecule has 0 bridgehead atoms. The topological polar surface area (TPSA) is 160 Å². The lowest BCUT2D eigenvalue weighted by Gasteiger charge is -2.20. The highest BCUT2D eigenvalue weighted by Gasteiger charge is 2.28. The molecule has 12 heteroatoms.